The van der Waals surface area contributed by atoms with Crippen LogP contribution in [0.3, 0.4) is 0 Å². The summed E-state index contributed by atoms with van der Waals surface area (Å²) in [5, 5.41) is 2.62. The van der Waals surface area contributed by atoms with Crippen molar-refractivity contribution >= 4 is 17.6 Å². The van der Waals surface area contributed by atoms with E-state index in [1.165, 1.54) is 18.6 Å². The fraction of sp³-hybridized carbons (Fsp3) is 0.579. The SMILES string of the molecule is O=C(CN1CCN(C(=O)Nc2ccc(C(F)(F)F)cc2)CC1)N1CCCCC1. The third-order valence-corrected chi connectivity index (χ3v) is 5.19. The summed E-state index contributed by atoms with van der Waals surface area (Å²) in [5.74, 6) is 0.141. The van der Waals surface area contributed by atoms with Gasteiger partial charge in [-0.15, -0.1) is 0 Å². The Bertz CT molecular complexity index is 679. The lowest BCUT2D eigenvalue weighted by Gasteiger charge is -2.36. The molecule has 0 atom stereocenters. The van der Waals surface area contributed by atoms with Gasteiger partial charge in [0.25, 0.3) is 0 Å². The van der Waals surface area contributed by atoms with Crippen LogP contribution in [0.5, 0.6) is 0 Å². The summed E-state index contributed by atoms with van der Waals surface area (Å²) in [5.41, 5.74) is -0.432. The molecule has 0 saturated carbocycles. The molecule has 28 heavy (non-hydrogen) atoms. The number of piperidine rings is 1. The number of piperazine rings is 1. The van der Waals surface area contributed by atoms with Gasteiger partial charge in [-0.25, -0.2) is 4.79 Å². The smallest absolute Gasteiger partial charge is 0.342 e. The molecule has 0 bridgehead atoms. The number of carbonyl (C=O) groups is 2. The Labute approximate surface area is 162 Å². The van der Waals surface area contributed by atoms with Crippen molar-refractivity contribution in [1.82, 2.24) is 14.7 Å². The molecule has 1 aromatic rings. The number of carbonyl (C=O) groups excluding carboxylic acids is 2. The van der Waals surface area contributed by atoms with Crippen molar-refractivity contribution in [3.8, 4) is 0 Å². The Morgan fingerprint density at radius 2 is 1.46 bits per heavy atom. The van der Waals surface area contributed by atoms with Crippen molar-refractivity contribution in [2.24, 2.45) is 0 Å². The first-order chi connectivity index (χ1) is 13.3. The van der Waals surface area contributed by atoms with Gasteiger partial charge in [0.15, 0.2) is 0 Å². The van der Waals surface area contributed by atoms with Crippen LogP contribution in [-0.2, 0) is 11.0 Å². The topological polar surface area (TPSA) is 55.9 Å². The van der Waals surface area contributed by atoms with E-state index in [4.69, 9.17) is 0 Å². The number of rotatable bonds is 3. The van der Waals surface area contributed by atoms with Gasteiger partial charge in [0.2, 0.25) is 5.91 Å². The zero-order chi connectivity index (χ0) is 20.1. The molecule has 3 amide bonds. The number of amides is 3. The molecule has 1 N–H and O–H groups in total. The number of nitrogens with zero attached hydrogens (tertiary/aromatic N) is 3. The molecule has 0 spiro atoms. The Morgan fingerprint density at radius 1 is 0.857 bits per heavy atom. The lowest BCUT2D eigenvalue weighted by Crippen LogP contribution is -2.52. The van der Waals surface area contributed by atoms with Crippen molar-refractivity contribution in [1.29, 1.82) is 0 Å². The van der Waals surface area contributed by atoms with Gasteiger partial charge in [0.05, 0.1) is 12.1 Å². The predicted octanol–water partition coefficient (Wildman–Crippen LogP) is 2.87. The fourth-order valence-electron chi connectivity index (χ4n) is 3.49. The summed E-state index contributed by atoms with van der Waals surface area (Å²) in [6, 6.07) is 4.03. The molecule has 154 valence electrons. The number of likely N-dealkylation sites (tertiary alicyclic amines) is 1. The zero-order valence-corrected chi connectivity index (χ0v) is 15.7. The van der Waals surface area contributed by atoms with Crippen molar-refractivity contribution in [3.05, 3.63) is 29.8 Å². The highest BCUT2D eigenvalue weighted by molar-refractivity contribution is 5.89. The van der Waals surface area contributed by atoms with Crippen LogP contribution < -0.4 is 5.32 Å². The van der Waals surface area contributed by atoms with Crippen LogP contribution in [0.4, 0.5) is 23.7 Å². The summed E-state index contributed by atoms with van der Waals surface area (Å²) in [4.78, 5) is 30.2. The summed E-state index contributed by atoms with van der Waals surface area (Å²) in [6.45, 7) is 4.16. The van der Waals surface area contributed by atoms with Gasteiger partial charge in [-0.1, -0.05) is 0 Å². The van der Waals surface area contributed by atoms with E-state index in [2.05, 4.69) is 5.32 Å². The van der Waals surface area contributed by atoms with E-state index in [0.29, 0.717) is 38.4 Å². The first-order valence-electron chi connectivity index (χ1n) is 9.56. The third-order valence-electron chi connectivity index (χ3n) is 5.19. The Morgan fingerprint density at radius 3 is 2.04 bits per heavy atom. The Hall–Kier alpha value is -2.29. The van der Waals surface area contributed by atoms with E-state index in [1.807, 2.05) is 9.80 Å². The lowest BCUT2D eigenvalue weighted by molar-refractivity contribution is -0.137. The molecule has 6 nitrogen and oxygen atoms in total. The summed E-state index contributed by atoms with van der Waals surface area (Å²) in [7, 11) is 0. The van der Waals surface area contributed by atoms with E-state index >= 15 is 0 Å². The van der Waals surface area contributed by atoms with Crippen LogP contribution in [-0.4, -0.2) is 72.5 Å². The summed E-state index contributed by atoms with van der Waals surface area (Å²) < 4.78 is 37.8. The van der Waals surface area contributed by atoms with Crippen LogP contribution in [0.2, 0.25) is 0 Å². The van der Waals surface area contributed by atoms with Gasteiger partial charge in [0, 0.05) is 45.0 Å². The van der Waals surface area contributed by atoms with Crippen LogP contribution in [0, 0.1) is 0 Å². The van der Waals surface area contributed by atoms with Crippen LogP contribution >= 0.6 is 0 Å². The minimum absolute atomic E-state index is 0.141. The molecule has 0 aliphatic carbocycles. The highest BCUT2D eigenvalue weighted by Gasteiger charge is 2.30. The molecule has 0 unspecified atom stereocenters. The molecule has 2 aliphatic heterocycles. The Balaban J connectivity index is 1.44. The van der Waals surface area contributed by atoms with E-state index in [9.17, 15) is 22.8 Å². The number of anilines is 1. The van der Waals surface area contributed by atoms with Crippen LogP contribution in [0.1, 0.15) is 24.8 Å². The molecule has 1 aromatic carbocycles. The molecule has 3 rings (SSSR count). The summed E-state index contributed by atoms with van der Waals surface area (Å²) >= 11 is 0. The summed E-state index contributed by atoms with van der Waals surface area (Å²) in [6.07, 6.45) is -1.10. The molecular formula is C19H25F3N4O2. The first kappa shape index (κ1) is 20.4. The number of nitrogens with one attached hydrogen (secondary N) is 1. The minimum atomic E-state index is -4.40. The molecule has 0 radical (unpaired) electrons. The molecule has 9 heteroatoms. The fourth-order valence-corrected chi connectivity index (χ4v) is 3.49. The molecule has 2 aliphatic rings. The number of benzene rings is 1. The molecular weight excluding hydrogens is 373 g/mol. The lowest BCUT2D eigenvalue weighted by atomic mass is 10.1. The quantitative estimate of drug-likeness (QED) is 0.852. The molecule has 2 heterocycles. The van der Waals surface area contributed by atoms with E-state index in [1.54, 1.807) is 4.90 Å². The van der Waals surface area contributed by atoms with Crippen molar-refractivity contribution < 1.29 is 22.8 Å². The average molecular weight is 398 g/mol. The highest BCUT2D eigenvalue weighted by Crippen LogP contribution is 2.29. The third kappa shape index (κ3) is 5.37. The van der Waals surface area contributed by atoms with Gasteiger partial charge in [-0.3, -0.25) is 9.69 Å². The van der Waals surface area contributed by atoms with Crippen LogP contribution in [0.25, 0.3) is 0 Å². The van der Waals surface area contributed by atoms with Gasteiger partial charge >= 0.3 is 12.2 Å². The molecule has 0 aromatic heterocycles. The number of alkyl halides is 3. The van der Waals surface area contributed by atoms with Gasteiger partial charge in [-0.05, 0) is 43.5 Å². The highest BCUT2D eigenvalue weighted by atomic mass is 19.4. The van der Waals surface area contributed by atoms with Crippen LogP contribution in [0.15, 0.2) is 24.3 Å². The average Bonchev–Trinajstić information content (AvgIpc) is 2.69. The molecule has 2 saturated heterocycles. The number of hydrogen-bond donors (Lipinski definition) is 1. The normalized spacial score (nSPS) is 18.8. The predicted molar refractivity (Wildman–Crippen MR) is 98.9 cm³/mol. The second-order valence-corrected chi connectivity index (χ2v) is 7.21. The number of hydrogen-bond acceptors (Lipinski definition) is 3. The first-order valence-corrected chi connectivity index (χ1v) is 9.56. The standard InChI is InChI=1S/C19H25F3N4O2/c20-19(21,22)15-4-6-16(7-5-15)23-18(28)26-12-10-24(11-13-26)14-17(27)25-8-2-1-3-9-25/h4-7H,1-3,8-14H2,(H,23,28). The van der Waals surface area contributed by atoms with E-state index in [-0.39, 0.29) is 11.9 Å². The Kier molecular flexibility index (Phi) is 6.43. The zero-order valence-electron chi connectivity index (χ0n) is 15.7. The molecule has 2 fully saturated rings. The van der Waals surface area contributed by atoms with E-state index < -0.39 is 11.7 Å². The second kappa shape index (κ2) is 8.81. The number of urea groups is 1. The van der Waals surface area contributed by atoms with Crippen molar-refractivity contribution in [3.63, 3.8) is 0 Å². The van der Waals surface area contributed by atoms with Crippen molar-refractivity contribution in [2.75, 3.05) is 51.1 Å². The largest absolute Gasteiger partial charge is 0.416 e. The maximum absolute atomic E-state index is 12.6. The van der Waals surface area contributed by atoms with Gasteiger partial charge in [-0.2, -0.15) is 13.2 Å². The maximum Gasteiger partial charge on any atom is 0.416 e. The minimum Gasteiger partial charge on any atom is -0.342 e. The maximum atomic E-state index is 12.6. The van der Waals surface area contributed by atoms with Crippen molar-refractivity contribution in [2.45, 2.75) is 25.4 Å². The van der Waals surface area contributed by atoms with E-state index in [0.717, 1.165) is 38.1 Å². The number of halogens is 3. The van der Waals surface area contributed by atoms with Gasteiger partial charge < -0.3 is 15.1 Å². The monoisotopic (exact) mass is 398 g/mol. The second-order valence-electron chi connectivity index (χ2n) is 7.21. The van der Waals surface area contributed by atoms with Gasteiger partial charge in [0.1, 0.15) is 0 Å².